The van der Waals surface area contributed by atoms with E-state index in [9.17, 15) is 8.42 Å². The van der Waals surface area contributed by atoms with Crippen LogP contribution in [0.5, 0.6) is 0 Å². The molecule has 7 heteroatoms. The molecule has 1 aromatic heterocycles. The van der Waals surface area contributed by atoms with Crippen LogP contribution >= 0.6 is 11.3 Å². The molecule has 1 unspecified atom stereocenters. The molecule has 1 aliphatic carbocycles. The van der Waals surface area contributed by atoms with Crippen molar-refractivity contribution in [2.75, 3.05) is 19.7 Å². The molecule has 2 fully saturated rings. The lowest BCUT2D eigenvalue weighted by Gasteiger charge is -2.39. The average molecular weight is 302 g/mol. The monoisotopic (exact) mass is 302 g/mol. The topological polar surface area (TPSA) is 59.5 Å². The molecule has 0 N–H and O–H groups in total. The zero-order valence-corrected chi connectivity index (χ0v) is 12.5. The van der Waals surface area contributed by atoms with Gasteiger partial charge in [0, 0.05) is 13.1 Å². The number of sulfonamides is 1. The van der Waals surface area contributed by atoms with Gasteiger partial charge in [0.1, 0.15) is 0 Å². The third-order valence-electron chi connectivity index (χ3n) is 3.93. The first-order valence-electron chi connectivity index (χ1n) is 6.61. The lowest BCUT2D eigenvalue weighted by molar-refractivity contribution is -0.0542. The Balaban J connectivity index is 1.77. The van der Waals surface area contributed by atoms with Gasteiger partial charge in [-0.15, -0.1) is 11.3 Å². The maximum Gasteiger partial charge on any atom is 0.254 e. The van der Waals surface area contributed by atoms with E-state index in [1.165, 1.54) is 24.0 Å². The van der Waals surface area contributed by atoms with Gasteiger partial charge < -0.3 is 4.74 Å². The van der Waals surface area contributed by atoms with E-state index in [2.05, 4.69) is 4.98 Å². The van der Waals surface area contributed by atoms with Crippen molar-refractivity contribution in [1.82, 2.24) is 9.29 Å². The molecule has 1 aliphatic heterocycles. The first-order chi connectivity index (χ1) is 9.07. The number of aromatic nitrogens is 1. The van der Waals surface area contributed by atoms with Gasteiger partial charge in [0.05, 0.1) is 23.9 Å². The molecule has 2 aliphatic rings. The van der Waals surface area contributed by atoms with Gasteiger partial charge in [0.25, 0.3) is 10.0 Å². The number of morpholine rings is 1. The zero-order valence-electron chi connectivity index (χ0n) is 10.9. The molecule has 106 valence electrons. The summed E-state index contributed by atoms with van der Waals surface area (Å²) in [6.45, 7) is 3.25. The van der Waals surface area contributed by atoms with Crippen LogP contribution in [-0.2, 0) is 14.8 Å². The van der Waals surface area contributed by atoms with Crippen molar-refractivity contribution in [3.05, 3.63) is 11.2 Å². The van der Waals surface area contributed by atoms with Crippen molar-refractivity contribution >= 4 is 21.4 Å². The SMILES string of the molecule is Cc1ncc(S(=O)(=O)N2CCOC(C3CCC3)C2)s1. The van der Waals surface area contributed by atoms with Gasteiger partial charge in [-0.1, -0.05) is 6.42 Å². The molecule has 19 heavy (non-hydrogen) atoms. The van der Waals surface area contributed by atoms with Gasteiger partial charge in [-0.2, -0.15) is 4.31 Å². The molecule has 3 rings (SSSR count). The van der Waals surface area contributed by atoms with Crippen molar-refractivity contribution in [3.8, 4) is 0 Å². The van der Waals surface area contributed by atoms with Crippen LogP contribution in [0.4, 0.5) is 0 Å². The fourth-order valence-corrected chi connectivity index (χ4v) is 5.25. The Morgan fingerprint density at radius 3 is 2.84 bits per heavy atom. The van der Waals surface area contributed by atoms with Crippen LogP contribution in [0.25, 0.3) is 0 Å². The molecule has 5 nitrogen and oxygen atoms in total. The molecule has 1 saturated heterocycles. The standard InChI is InChI=1S/C12H18N2O3S2/c1-9-13-7-12(18-9)19(15,16)14-5-6-17-11(8-14)10-3-2-4-10/h7,10-11H,2-6,8H2,1H3. The van der Waals surface area contributed by atoms with E-state index in [1.54, 1.807) is 4.31 Å². The molecule has 1 aromatic rings. The molecule has 0 bridgehead atoms. The zero-order chi connectivity index (χ0) is 13.5. The summed E-state index contributed by atoms with van der Waals surface area (Å²) in [5.74, 6) is 0.543. The van der Waals surface area contributed by atoms with Gasteiger partial charge in [-0.3, -0.25) is 0 Å². The molecule has 1 atom stereocenters. The van der Waals surface area contributed by atoms with Crippen LogP contribution in [0.2, 0.25) is 0 Å². The first kappa shape index (κ1) is 13.5. The third kappa shape index (κ3) is 2.56. The highest BCUT2D eigenvalue weighted by atomic mass is 32.2. The minimum atomic E-state index is -3.38. The van der Waals surface area contributed by atoms with Gasteiger partial charge >= 0.3 is 0 Å². The number of aryl methyl sites for hydroxylation is 1. The predicted octanol–water partition coefficient (Wildman–Crippen LogP) is 1.64. The molecule has 2 heterocycles. The molecule has 0 amide bonds. The van der Waals surface area contributed by atoms with Gasteiger partial charge in [-0.25, -0.2) is 13.4 Å². The van der Waals surface area contributed by atoms with Gasteiger partial charge in [-0.05, 0) is 25.7 Å². The van der Waals surface area contributed by atoms with Crippen molar-refractivity contribution < 1.29 is 13.2 Å². The highest BCUT2D eigenvalue weighted by Gasteiger charge is 2.37. The number of hydrogen-bond acceptors (Lipinski definition) is 5. The Morgan fingerprint density at radius 2 is 2.26 bits per heavy atom. The van der Waals surface area contributed by atoms with Crippen molar-refractivity contribution in [1.29, 1.82) is 0 Å². The third-order valence-corrected chi connectivity index (χ3v) is 7.14. The molecular formula is C12H18N2O3S2. The van der Waals surface area contributed by atoms with E-state index in [0.29, 0.717) is 29.8 Å². The Bertz CT molecular complexity index is 551. The second-order valence-electron chi connectivity index (χ2n) is 5.16. The van der Waals surface area contributed by atoms with Crippen molar-refractivity contribution in [3.63, 3.8) is 0 Å². The van der Waals surface area contributed by atoms with Crippen LogP contribution in [-0.4, -0.2) is 43.5 Å². The lowest BCUT2D eigenvalue weighted by atomic mass is 9.81. The number of nitrogens with zero attached hydrogens (tertiary/aromatic N) is 2. The Morgan fingerprint density at radius 1 is 1.47 bits per heavy atom. The minimum absolute atomic E-state index is 0.0753. The summed E-state index contributed by atoms with van der Waals surface area (Å²) in [7, 11) is -3.38. The summed E-state index contributed by atoms with van der Waals surface area (Å²) in [5.41, 5.74) is 0. The van der Waals surface area contributed by atoms with E-state index < -0.39 is 10.0 Å². The Hall–Kier alpha value is -0.500. The normalized spacial score (nSPS) is 26.3. The van der Waals surface area contributed by atoms with Crippen LogP contribution in [0.3, 0.4) is 0 Å². The number of hydrogen-bond donors (Lipinski definition) is 0. The van der Waals surface area contributed by atoms with E-state index in [0.717, 1.165) is 17.8 Å². The molecule has 0 aromatic carbocycles. The van der Waals surface area contributed by atoms with Gasteiger partial charge in [0.2, 0.25) is 0 Å². The van der Waals surface area contributed by atoms with Crippen LogP contribution in [0, 0.1) is 12.8 Å². The molecule has 1 saturated carbocycles. The van der Waals surface area contributed by atoms with Crippen LogP contribution in [0.15, 0.2) is 10.4 Å². The maximum atomic E-state index is 12.5. The fraction of sp³-hybridized carbons (Fsp3) is 0.750. The second kappa shape index (κ2) is 5.12. The summed E-state index contributed by atoms with van der Waals surface area (Å²) >= 11 is 1.24. The highest BCUT2D eigenvalue weighted by Crippen LogP contribution is 2.34. The smallest absolute Gasteiger partial charge is 0.254 e. The summed E-state index contributed by atoms with van der Waals surface area (Å²) in [6.07, 6.45) is 5.11. The lowest BCUT2D eigenvalue weighted by Crippen LogP contribution is -2.49. The fourth-order valence-electron chi connectivity index (χ4n) is 2.55. The molecule has 0 spiro atoms. The Labute approximate surface area is 117 Å². The number of thiazole rings is 1. The summed E-state index contributed by atoms with van der Waals surface area (Å²) in [4.78, 5) is 4.04. The highest BCUT2D eigenvalue weighted by molar-refractivity contribution is 7.91. The number of ether oxygens (including phenoxy) is 1. The summed E-state index contributed by atoms with van der Waals surface area (Å²) in [6, 6.07) is 0. The van der Waals surface area contributed by atoms with Crippen LogP contribution in [0.1, 0.15) is 24.3 Å². The second-order valence-corrected chi connectivity index (χ2v) is 8.56. The quantitative estimate of drug-likeness (QED) is 0.851. The van der Waals surface area contributed by atoms with Crippen LogP contribution < -0.4 is 0 Å². The molecular weight excluding hydrogens is 284 g/mol. The van der Waals surface area contributed by atoms with Crippen molar-refractivity contribution in [2.45, 2.75) is 36.5 Å². The minimum Gasteiger partial charge on any atom is -0.375 e. The largest absolute Gasteiger partial charge is 0.375 e. The maximum absolute atomic E-state index is 12.5. The van der Waals surface area contributed by atoms with E-state index in [-0.39, 0.29) is 6.10 Å². The van der Waals surface area contributed by atoms with E-state index >= 15 is 0 Å². The Kier molecular flexibility index (Phi) is 3.63. The molecule has 0 radical (unpaired) electrons. The average Bonchev–Trinajstić information content (AvgIpc) is 2.75. The summed E-state index contributed by atoms with van der Waals surface area (Å²) in [5, 5.41) is 0.780. The number of rotatable bonds is 3. The van der Waals surface area contributed by atoms with E-state index in [1.807, 2.05) is 6.92 Å². The van der Waals surface area contributed by atoms with Gasteiger partial charge in [0.15, 0.2) is 4.21 Å². The summed E-state index contributed by atoms with van der Waals surface area (Å²) < 4.78 is 32.7. The van der Waals surface area contributed by atoms with Crippen molar-refractivity contribution in [2.24, 2.45) is 5.92 Å². The van der Waals surface area contributed by atoms with E-state index in [4.69, 9.17) is 4.74 Å². The first-order valence-corrected chi connectivity index (χ1v) is 8.87. The predicted molar refractivity (Wildman–Crippen MR) is 72.7 cm³/mol.